The molecule has 0 bridgehead atoms. The number of hydrogen-bond donors (Lipinski definition) is 2. The lowest BCUT2D eigenvalue weighted by Crippen LogP contribution is -2.40. The molecule has 1 amide bonds. The molecule has 1 aromatic heterocycles. The van der Waals surface area contributed by atoms with Gasteiger partial charge in [0.1, 0.15) is 11.2 Å². The SMILES string of the molecule is CCC[C@H](NC(=O)c1cc(Cl)nc(C(C)C)c1)C(=O)O. The van der Waals surface area contributed by atoms with Gasteiger partial charge in [-0.05, 0) is 24.5 Å². The average Bonchev–Trinajstić information content (AvgIpc) is 2.37. The van der Waals surface area contributed by atoms with Crippen LogP contribution in [0.5, 0.6) is 0 Å². The molecule has 20 heavy (non-hydrogen) atoms. The highest BCUT2D eigenvalue weighted by Crippen LogP contribution is 2.17. The van der Waals surface area contributed by atoms with Gasteiger partial charge in [0, 0.05) is 11.3 Å². The number of hydrogen-bond acceptors (Lipinski definition) is 3. The Labute approximate surface area is 123 Å². The van der Waals surface area contributed by atoms with E-state index in [1.807, 2.05) is 20.8 Å². The molecule has 1 rings (SSSR count). The van der Waals surface area contributed by atoms with E-state index in [4.69, 9.17) is 16.7 Å². The molecule has 0 aromatic carbocycles. The van der Waals surface area contributed by atoms with Gasteiger partial charge in [0.15, 0.2) is 0 Å². The van der Waals surface area contributed by atoms with Crippen molar-refractivity contribution < 1.29 is 14.7 Å². The van der Waals surface area contributed by atoms with Gasteiger partial charge in [-0.25, -0.2) is 9.78 Å². The number of halogens is 1. The van der Waals surface area contributed by atoms with Crippen LogP contribution < -0.4 is 5.32 Å². The number of carbonyl (C=O) groups is 2. The Hall–Kier alpha value is -1.62. The predicted molar refractivity (Wildman–Crippen MR) is 77.1 cm³/mol. The van der Waals surface area contributed by atoms with Crippen molar-refractivity contribution in [3.8, 4) is 0 Å². The first kappa shape index (κ1) is 16.4. The number of pyridine rings is 1. The van der Waals surface area contributed by atoms with E-state index >= 15 is 0 Å². The van der Waals surface area contributed by atoms with Gasteiger partial charge in [-0.2, -0.15) is 0 Å². The van der Waals surface area contributed by atoms with Crippen molar-refractivity contribution in [1.82, 2.24) is 10.3 Å². The number of carboxylic acid groups (broad SMARTS) is 1. The van der Waals surface area contributed by atoms with Crippen molar-refractivity contribution in [2.75, 3.05) is 0 Å². The summed E-state index contributed by atoms with van der Waals surface area (Å²) in [6, 6.07) is 2.19. The van der Waals surface area contributed by atoms with Crippen molar-refractivity contribution in [2.45, 2.75) is 45.6 Å². The van der Waals surface area contributed by atoms with Crippen LogP contribution in [-0.4, -0.2) is 28.0 Å². The van der Waals surface area contributed by atoms with Crippen LogP contribution in [0.1, 0.15) is 55.6 Å². The molecule has 0 aliphatic heterocycles. The molecule has 0 aliphatic carbocycles. The van der Waals surface area contributed by atoms with Crippen LogP contribution in [0.3, 0.4) is 0 Å². The fourth-order valence-corrected chi connectivity index (χ4v) is 1.95. The summed E-state index contributed by atoms with van der Waals surface area (Å²) in [5, 5.41) is 11.8. The molecule has 0 radical (unpaired) electrons. The number of aliphatic carboxylic acids is 1. The van der Waals surface area contributed by atoms with Crippen molar-refractivity contribution in [3.63, 3.8) is 0 Å². The van der Waals surface area contributed by atoms with Crippen molar-refractivity contribution in [2.24, 2.45) is 0 Å². The highest BCUT2D eigenvalue weighted by molar-refractivity contribution is 6.29. The van der Waals surface area contributed by atoms with E-state index in [2.05, 4.69) is 10.3 Å². The fraction of sp³-hybridized carbons (Fsp3) is 0.500. The first-order valence-corrected chi connectivity index (χ1v) is 6.94. The normalized spacial score (nSPS) is 12.2. The van der Waals surface area contributed by atoms with Gasteiger partial charge in [0.25, 0.3) is 5.91 Å². The number of carbonyl (C=O) groups excluding carboxylic acids is 1. The van der Waals surface area contributed by atoms with E-state index in [-0.39, 0.29) is 11.1 Å². The predicted octanol–water partition coefficient (Wildman–Crippen LogP) is 2.84. The number of nitrogens with one attached hydrogen (secondary N) is 1. The van der Waals surface area contributed by atoms with Gasteiger partial charge in [-0.15, -0.1) is 0 Å². The molecule has 6 heteroatoms. The lowest BCUT2D eigenvalue weighted by atomic mass is 10.1. The Bertz CT molecular complexity index is 503. The third-order valence-corrected chi connectivity index (χ3v) is 3.04. The van der Waals surface area contributed by atoms with E-state index in [0.717, 1.165) is 0 Å². The summed E-state index contributed by atoms with van der Waals surface area (Å²) in [4.78, 5) is 27.3. The number of aromatic nitrogens is 1. The largest absolute Gasteiger partial charge is 0.480 e. The van der Waals surface area contributed by atoms with Gasteiger partial charge >= 0.3 is 5.97 Å². The average molecular weight is 299 g/mol. The molecule has 1 aromatic rings. The summed E-state index contributed by atoms with van der Waals surface area (Å²) in [5.41, 5.74) is 1.03. The second kappa shape index (κ2) is 7.24. The molecule has 1 heterocycles. The zero-order valence-corrected chi connectivity index (χ0v) is 12.6. The summed E-state index contributed by atoms with van der Waals surface area (Å²) in [7, 11) is 0. The van der Waals surface area contributed by atoms with E-state index in [1.165, 1.54) is 6.07 Å². The van der Waals surface area contributed by atoms with Crippen LogP contribution in [0.2, 0.25) is 5.15 Å². The number of carboxylic acids is 1. The summed E-state index contributed by atoms with van der Waals surface area (Å²) in [6.45, 7) is 5.75. The molecular formula is C14H19ClN2O3. The second-order valence-corrected chi connectivity index (χ2v) is 5.30. The van der Waals surface area contributed by atoms with E-state index < -0.39 is 17.9 Å². The number of amides is 1. The van der Waals surface area contributed by atoms with Gasteiger partial charge < -0.3 is 10.4 Å². The first-order valence-electron chi connectivity index (χ1n) is 6.56. The molecule has 0 spiro atoms. The standard InChI is InChI=1S/C14H19ClN2O3/c1-4-5-10(14(19)20)17-13(18)9-6-11(8(2)3)16-12(15)7-9/h6-8,10H,4-5H2,1-3H3,(H,17,18)(H,19,20)/t10-/m0/s1. The molecule has 110 valence electrons. The summed E-state index contributed by atoms with van der Waals surface area (Å²) < 4.78 is 0. The van der Waals surface area contributed by atoms with Gasteiger partial charge in [-0.3, -0.25) is 4.79 Å². The molecule has 5 nitrogen and oxygen atoms in total. The Morgan fingerprint density at radius 2 is 2.05 bits per heavy atom. The highest BCUT2D eigenvalue weighted by Gasteiger charge is 2.20. The minimum absolute atomic E-state index is 0.131. The van der Waals surface area contributed by atoms with E-state index in [9.17, 15) is 9.59 Å². The van der Waals surface area contributed by atoms with Crippen LogP contribution in [0.15, 0.2) is 12.1 Å². The molecule has 0 aliphatic rings. The molecule has 0 saturated carbocycles. The Morgan fingerprint density at radius 3 is 2.55 bits per heavy atom. The summed E-state index contributed by atoms with van der Waals surface area (Å²) in [5.74, 6) is -1.35. The Morgan fingerprint density at radius 1 is 1.40 bits per heavy atom. The van der Waals surface area contributed by atoms with Crippen LogP contribution in [0.4, 0.5) is 0 Å². The molecule has 0 fully saturated rings. The smallest absolute Gasteiger partial charge is 0.326 e. The molecule has 0 saturated heterocycles. The van der Waals surface area contributed by atoms with Crippen LogP contribution in [0.25, 0.3) is 0 Å². The maximum absolute atomic E-state index is 12.1. The van der Waals surface area contributed by atoms with Gasteiger partial charge in [0.05, 0.1) is 0 Å². The van der Waals surface area contributed by atoms with Gasteiger partial charge in [-0.1, -0.05) is 38.8 Å². The highest BCUT2D eigenvalue weighted by atomic mass is 35.5. The Kier molecular flexibility index (Phi) is 5.95. The fourth-order valence-electron chi connectivity index (χ4n) is 1.73. The number of rotatable bonds is 6. The van der Waals surface area contributed by atoms with Crippen molar-refractivity contribution in [1.29, 1.82) is 0 Å². The lowest BCUT2D eigenvalue weighted by molar-refractivity contribution is -0.139. The first-order chi connectivity index (χ1) is 9.35. The molecule has 2 N–H and O–H groups in total. The maximum Gasteiger partial charge on any atom is 0.326 e. The lowest BCUT2D eigenvalue weighted by Gasteiger charge is -2.14. The quantitative estimate of drug-likeness (QED) is 0.792. The van der Waals surface area contributed by atoms with Crippen LogP contribution in [-0.2, 0) is 4.79 Å². The van der Waals surface area contributed by atoms with Crippen LogP contribution in [0, 0.1) is 0 Å². The van der Waals surface area contributed by atoms with Crippen molar-refractivity contribution in [3.05, 3.63) is 28.5 Å². The van der Waals surface area contributed by atoms with Crippen LogP contribution >= 0.6 is 11.6 Å². The monoisotopic (exact) mass is 298 g/mol. The zero-order chi connectivity index (χ0) is 15.3. The Balaban J connectivity index is 2.94. The molecule has 1 atom stereocenters. The summed E-state index contributed by atoms with van der Waals surface area (Å²) in [6.07, 6.45) is 1.06. The van der Waals surface area contributed by atoms with Gasteiger partial charge in [0.2, 0.25) is 0 Å². The maximum atomic E-state index is 12.1. The minimum atomic E-state index is -1.04. The topological polar surface area (TPSA) is 79.3 Å². The number of nitrogens with zero attached hydrogens (tertiary/aromatic N) is 1. The zero-order valence-electron chi connectivity index (χ0n) is 11.8. The second-order valence-electron chi connectivity index (χ2n) is 4.91. The molecular weight excluding hydrogens is 280 g/mol. The molecule has 0 unspecified atom stereocenters. The third kappa shape index (κ3) is 4.49. The van der Waals surface area contributed by atoms with E-state index in [1.54, 1.807) is 6.07 Å². The van der Waals surface area contributed by atoms with Crippen molar-refractivity contribution >= 4 is 23.5 Å². The third-order valence-electron chi connectivity index (χ3n) is 2.85. The van der Waals surface area contributed by atoms with E-state index in [0.29, 0.717) is 24.1 Å². The minimum Gasteiger partial charge on any atom is -0.480 e. The summed E-state index contributed by atoms with van der Waals surface area (Å²) >= 11 is 5.89.